The Labute approximate surface area is 117 Å². The summed E-state index contributed by atoms with van der Waals surface area (Å²) in [6.07, 6.45) is 2.53. The molecule has 0 aromatic carbocycles. The summed E-state index contributed by atoms with van der Waals surface area (Å²) in [4.78, 5) is 2.53. The maximum Gasteiger partial charge on any atom is 0.118 e. The average Bonchev–Trinajstić information content (AvgIpc) is 2.76. The number of likely N-dealkylation sites (tertiary alicyclic amines) is 1. The summed E-state index contributed by atoms with van der Waals surface area (Å²) in [6, 6.07) is 4.24. The van der Waals surface area contributed by atoms with Crippen LogP contribution in [0, 0.1) is 11.8 Å². The molecule has 2 heterocycles. The van der Waals surface area contributed by atoms with Crippen LogP contribution in [0.15, 0.2) is 16.5 Å². The van der Waals surface area contributed by atoms with Gasteiger partial charge in [0.25, 0.3) is 0 Å². The zero-order valence-corrected chi connectivity index (χ0v) is 12.6. The van der Waals surface area contributed by atoms with E-state index in [1.165, 1.54) is 19.5 Å². The van der Waals surface area contributed by atoms with Gasteiger partial charge in [0.1, 0.15) is 11.5 Å². The molecule has 0 saturated carbocycles. The first-order chi connectivity index (χ1) is 9.17. The molecule has 1 aromatic heterocycles. The molecule has 0 spiro atoms. The van der Waals surface area contributed by atoms with Gasteiger partial charge in [0.2, 0.25) is 0 Å². The molecule has 108 valence electrons. The summed E-state index contributed by atoms with van der Waals surface area (Å²) in [7, 11) is 0. The predicted octanol–water partition coefficient (Wildman–Crippen LogP) is 3.26. The van der Waals surface area contributed by atoms with Crippen molar-refractivity contribution in [3.05, 3.63) is 23.7 Å². The lowest BCUT2D eigenvalue weighted by Gasteiger charge is -2.34. The number of hydrogen-bond acceptors (Lipinski definition) is 3. The van der Waals surface area contributed by atoms with E-state index in [1.54, 1.807) is 0 Å². The summed E-state index contributed by atoms with van der Waals surface area (Å²) < 4.78 is 5.90. The van der Waals surface area contributed by atoms with Gasteiger partial charge < -0.3 is 9.73 Å². The Morgan fingerprint density at radius 2 is 1.89 bits per heavy atom. The largest absolute Gasteiger partial charge is 0.463 e. The molecule has 1 fully saturated rings. The Hall–Kier alpha value is -0.800. The van der Waals surface area contributed by atoms with Crippen molar-refractivity contribution < 1.29 is 4.42 Å². The standard InChI is InChI=1S/C16H28N2O/c1-4-7-17-9-15-5-6-16(19-15)12-18-10-13(2)8-14(3)11-18/h5-6,13-14,17H,4,7-12H2,1-3H3. The Kier molecular flexibility index (Phi) is 5.46. The van der Waals surface area contributed by atoms with Crippen LogP contribution in [0.2, 0.25) is 0 Å². The van der Waals surface area contributed by atoms with Crippen LogP contribution in [0.25, 0.3) is 0 Å². The highest BCUT2D eigenvalue weighted by atomic mass is 16.3. The minimum atomic E-state index is 0.810. The van der Waals surface area contributed by atoms with Gasteiger partial charge in [0.15, 0.2) is 0 Å². The summed E-state index contributed by atoms with van der Waals surface area (Å²) in [5.41, 5.74) is 0. The lowest BCUT2D eigenvalue weighted by Crippen LogP contribution is -2.37. The molecule has 0 bridgehead atoms. The molecule has 1 saturated heterocycles. The molecule has 2 unspecified atom stereocenters. The zero-order valence-electron chi connectivity index (χ0n) is 12.6. The maximum absolute atomic E-state index is 5.90. The van der Waals surface area contributed by atoms with E-state index >= 15 is 0 Å². The summed E-state index contributed by atoms with van der Waals surface area (Å²) >= 11 is 0. The summed E-state index contributed by atoms with van der Waals surface area (Å²) in [6.45, 7) is 12.2. The SMILES string of the molecule is CCCNCc1ccc(CN2CC(C)CC(C)C2)o1. The van der Waals surface area contributed by atoms with E-state index in [0.29, 0.717) is 0 Å². The Morgan fingerprint density at radius 3 is 2.58 bits per heavy atom. The van der Waals surface area contributed by atoms with Gasteiger partial charge in [0.05, 0.1) is 13.1 Å². The number of furan rings is 1. The van der Waals surface area contributed by atoms with E-state index in [1.807, 2.05) is 0 Å². The molecule has 0 amide bonds. The van der Waals surface area contributed by atoms with E-state index in [0.717, 1.165) is 49.4 Å². The zero-order chi connectivity index (χ0) is 13.7. The van der Waals surface area contributed by atoms with Gasteiger partial charge in [-0.25, -0.2) is 0 Å². The third-order valence-corrected chi connectivity index (χ3v) is 3.77. The third kappa shape index (κ3) is 4.66. The molecule has 2 rings (SSSR count). The van der Waals surface area contributed by atoms with Crippen LogP contribution in [0.1, 0.15) is 45.1 Å². The quantitative estimate of drug-likeness (QED) is 0.799. The molecule has 1 aliphatic rings. The molecular weight excluding hydrogens is 236 g/mol. The molecule has 1 N–H and O–H groups in total. The van der Waals surface area contributed by atoms with Gasteiger partial charge in [-0.3, -0.25) is 4.90 Å². The third-order valence-electron chi connectivity index (χ3n) is 3.77. The fourth-order valence-electron chi connectivity index (χ4n) is 3.13. The predicted molar refractivity (Wildman–Crippen MR) is 78.9 cm³/mol. The van der Waals surface area contributed by atoms with Crippen molar-refractivity contribution in [2.24, 2.45) is 11.8 Å². The molecular formula is C16H28N2O. The fourth-order valence-corrected chi connectivity index (χ4v) is 3.13. The normalized spacial score (nSPS) is 24.8. The van der Waals surface area contributed by atoms with Crippen molar-refractivity contribution >= 4 is 0 Å². The van der Waals surface area contributed by atoms with Crippen LogP contribution in [0.4, 0.5) is 0 Å². The first-order valence-corrected chi connectivity index (χ1v) is 7.68. The van der Waals surface area contributed by atoms with E-state index in [9.17, 15) is 0 Å². The van der Waals surface area contributed by atoms with Crippen LogP contribution in [-0.2, 0) is 13.1 Å². The second-order valence-corrected chi connectivity index (χ2v) is 6.18. The van der Waals surface area contributed by atoms with Crippen LogP contribution in [-0.4, -0.2) is 24.5 Å². The van der Waals surface area contributed by atoms with E-state index in [-0.39, 0.29) is 0 Å². The minimum absolute atomic E-state index is 0.810. The van der Waals surface area contributed by atoms with Crippen molar-refractivity contribution in [1.82, 2.24) is 10.2 Å². The van der Waals surface area contributed by atoms with Crippen molar-refractivity contribution in [2.45, 2.75) is 46.7 Å². The van der Waals surface area contributed by atoms with E-state index in [4.69, 9.17) is 4.42 Å². The maximum atomic E-state index is 5.90. The van der Waals surface area contributed by atoms with Gasteiger partial charge >= 0.3 is 0 Å². The van der Waals surface area contributed by atoms with Crippen LogP contribution in [0.3, 0.4) is 0 Å². The first kappa shape index (κ1) is 14.6. The molecule has 1 aromatic rings. The summed E-state index contributed by atoms with van der Waals surface area (Å²) in [5, 5.41) is 3.38. The first-order valence-electron chi connectivity index (χ1n) is 7.68. The molecule has 3 heteroatoms. The van der Waals surface area contributed by atoms with E-state index in [2.05, 4.69) is 43.1 Å². The van der Waals surface area contributed by atoms with Crippen molar-refractivity contribution in [3.8, 4) is 0 Å². The number of nitrogens with zero attached hydrogens (tertiary/aromatic N) is 1. The highest BCUT2D eigenvalue weighted by Gasteiger charge is 2.22. The highest BCUT2D eigenvalue weighted by molar-refractivity contribution is 5.07. The van der Waals surface area contributed by atoms with Gasteiger partial charge in [-0.15, -0.1) is 0 Å². The second kappa shape index (κ2) is 7.11. The van der Waals surface area contributed by atoms with Gasteiger partial charge in [-0.2, -0.15) is 0 Å². The minimum Gasteiger partial charge on any atom is -0.463 e. The Bertz CT molecular complexity index is 365. The number of rotatable bonds is 6. The number of hydrogen-bond donors (Lipinski definition) is 1. The number of piperidine rings is 1. The second-order valence-electron chi connectivity index (χ2n) is 6.18. The fraction of sp³-hybridized carbons (Fsp3) is 0.750. The Morgan fingerprint density at radius 1 is 1.21 bits per heavy atom. The van der Waals surface area contributed by atoms with Crippen LogP contribution in [0.5, 0.6) is 0 Å². The number of nitrogens with one attached hydrogen (secondary N) is 1. The average molecular weight is 264 g/mol. The van der Waals surface area contributed by atoms with E-state index < -0.39 is 0 Å². The smallest absolute Gasteiger partial charge is 0.118 e. The molecule has 3 nitrogen and oxygen atoms in total. The lowest BCUT2D eigenvalue weighted by atomic mass is 9.92. The molecule has 19 heavy (non-hydrogen) atoms. The molecule has 0 aliphatic carbocycles. The highest BCUT2D eigenvalue weighted by Crippen LogP contribution is 2.22. The molecule has 1 aliphatic heterocycles. The monoisotopic (exact) mass is 264 g/mol. The van der Waals surface area contributed by atoms with Crippen molar-refractivity contribution in [1.29, 1.82) is 0 Å². The van der Waals surface area contributed by atoms with Gasteiger partial charge in [-0.05, 0) is 43.4 Å². The van der Waals surface area contributed by atoms with Crippen molar-refractivity contribution in [3.63, 3.8) is 0 Å². The molecule has 0 radical (unpaired) electrons. The van der Waals surface area contributed by atoms with Gasteiger partial charge in [-0.1, -0.05) is 20.8 Å². The van der Waals surface area contributed by atoms with Crippen LogP contribution < -0.4 is 5.32 Å². The lowest BCUT2D eigenvalue weighted by molar-refractivity contribution is 0.125. The van der Waals surface area contributed by atoms with Gasteiger partial charge in [0, 0.05) is 13.1 Å². The molecule has 2 atom stereocenters. The topological polar surface area (TPSA) is 28.4 Å². The Balaban J connectivity index is 1.82. The van der Waals surface area contributed by atoms with Crippen LogP contribution >= 0.6 is 0 Å². The van der Waals surface area contributed by atoms with Crippen molar-refractivity contribution in [2.75, 3.05) is 19.6 Å². The summed E-state index contributed by atoms with van der Waals surface area (Å²) in [5.74, 6) is 3.78.